The summed E-state index contributed by atoms with van der Waals surface area (Å²) in [5.74, 6) is 0. The number of allylic oxidation sites excluding steroid dienone is 4. The number of nitriles is 3. The van der Waals surface area contributed by atoms with Gasteiger partial charge in [0.15, 0.2) is 0 Å². The van der Waals surface area contributed by atoms with Gasteiger partial charge in [-0.3, -0.25) is 0 Å². The van der Waals surface area contributed by atoms with Crippen molar-refractivity contribution >= 4 is 17.4 Å². The number of nitrogens with zero attached hydrogens (tertiary/aromatic N) is 3. The Balaban J connectivity index is 3.47. The largest absolute Gasteiger partial charge is 0.474 e. The van der Waals surface area contributed by atoms with Gasteiger partial charge in [-0.2, -0.15) is 15.8 Å². The smallest absolute Gasteiger partial charge is 0.260 e. The van der Waals surface area contributed by atoms with Crippen molar-refractivity contribution in [3.63, 3.8) is 0 Å². The summed E-state index contributed by atoms with van der Waals surface area (Å²) in [7, 11) is 1.43. The van der Waals surface area contributed by atoms with Crippen molar-refractivity contribution in [2.45, 2.75) is 26.7 Å². The summed E-state index contributed by atoms with van der Waals surface area (Å²) in [5.41, 5.74) is 1.16. The van der Waals surface area contributed by atoms with Gasteiger partial charge in [0.05, 0.1) is 12.7 Å². The molecule has 0 spiro atoms. The summed E-state index contributed by atoms with van der Waals surface area (Å²) in [5, 5.41) is 30.5. The highest BCUT2D eigenvalue weighted by Gasteiger charge is 2.33. The van der Waals surface area contributed by atoms with E-state index in [0.29, 0.717) is 29.7 Å². The van der Waals surface area contributed by atoms with E-state index in [1.807, 2.05) is 26.0 Å². The van der Waals surface area contributed by atoms with Gasteiger partial charge in [0.2, 0.25) is 0 Å². The summed E-state index contributed by atoms with van der Waals surface area (Å²) in [6, 6.07) is 5.77. The number of rotatable bonds is 1. The molecule has 0 aromatic carbocycles. The van der Waals surface area contributed by atoms with Crippen molar-refractivity contribution in [1.82, 2.24) is 5.32 Å². The van der Waals surface area contributed by atoms with E-state index in [1.54, 1.807) is 0 Å². The van der Waals surface area contributed by atoms with E-state index in [1.165, 1.54) is 7.11 Å². The molecule has 0 radical (unpaired) electrons. The molecule has 0 heterocycles. The first kappa shape index (κ1) is 15.7. The van der Waals surface area contributed by atoms with Gasteiger partial charge < -0.3 is 10.1 Å². The van der Waals surface area contributed by atoms with Crippen molar-refractivity contribution in [2.75, 3.05) is 7.11 Å². The second kappa shape index (κ2) is 6.19. The van der Waals surface area contributed by atoms with E-state index in [9.17, 15) is 5.26 Å². The van der Waals surface area contributed by atoms with Crippen LogP contribution in [0.15, 0.2) is 22.4 Å². The van der Waals surface area contributed by atoms with Crippen LogP contribution in [0.4, 0.5) is 0 Å². The Morgan fingerprint density at radius 3 is 2.30 bits per heavy atom. The van der Waals surface area contributed by atoms with Crippen LogP contribution in [0.1, 0.15) is 26.7 Å². The molecular formula is C14H14N4OS. The minimum Gasteiger partial charge on any atom is -0.474 e. The predicted octanol–water partition coefficient (Wildman–Crippen LogP) is 2.45. The van der Waals surface area contributed by atoms with Gasteiger partial charge in [-0.05, 0) is 30.5 Å². The normalized spacial score (nSPS) is 16.5. The van der Waals surface area contributed by atoms with Gasteiger partial charge in [-0.15, -0.1) is 0 Å². The number of hydrogen-bond donors (Lipinski definition) is 1. The molecule has 102 valence electrons. The van der Waals surface area contributed by atoms with Gasteiger partial charge in [0.25, 0.3) is 5.17 Å². The Labute approximate surface area is 123 Å². The molecule has 0 fully saturated rings. The van der Waals surface area contributed by atoms with Crippen molar-refractivity contribution in [3.8, 4) is 18.2 Å². The topological polar surface area (TPSA) is 92.6 Å². The van der Waals surface area contributed by atoms with E-state index in [0.717, 1.165) is 0 Å². The van der Waals surface area contributed by atoms with Crippen LogP contribution in [0.25, 0.3) is 0 Å². The van der Waals surface area contributed by atoms with Gasteiger partial charge >= 0.3 is 0 Å². The third-order valence-electron chi connectivity index (χ3n) is 2.99. The lowest BCUT2D eigenvalue weighted by Crippen LogP contribution is -2.31. The maximum atomic E-state index is 9.34. The Morgan fingerprint density at radius 2 is 1.85 bits per heavy atom. The number of hydrogen-bond acceptors (Lipinski definition) is 5. The Bertz CT molecular complexity index is 607. The molecule has 6 heteroatoms. The van der Waals surface area contributed by atoms with Crippen LogP contribution in [0.2, 0.25) is 0 Å². The lowest BCUT2D eigenvalue weighted by atomic mass is 9.73. The SMILES string of the molecule is COC(=S)NC1=C(C#N)C(=C(C#N)C#N)CC(C)(C)C1. The van der Waals surface area contributed by atoms with Crippen molar-refractivity contribution in [2.24, 2.45) is 5.41 Å². The molecule has 1 aliphatic rings. The highest BCUT2D eigenvalue weighted by molar-refractivity contribution is 7.80. The minimum absolute atomic E-state index is 0.0306. The lowest BCUT2D eigenvalue weighted by Gasteiger charge is -2.33. The fraction of sp³-hybridized carbons (Fsp3) is 0.429. The van der Waals surface area contributed by atoms with E-state index in [4.69, 9.17) is 27.5 Å². The van der Waals surface area contributed by atoms with E-state index in [2.05, 4.69) is 11.4 Å². The van der Waals surface area contributed by atoms with Crippen LogP contribution < -0.4 is 5.32 Å². The molecule has 0 saturated heterocycles. The first-order valence-electron chi connectivity index (χ1n) is 5.90. The zero-order chi connectivity index (χ0) is 15.3. The van der Waals surface area contributed by atoms with E-state index in [-0.39, 0.29) is 16.2 Å². The first-order valence-corrected chi connectivity index (χ1v) is 6.31. The molecule has 0 aliphatic heterocycles. The van der Waals surface area contributed by atoms with Crippen molar-refractivity contribution < 1.29 is 4.74 Å². The fourth-order valence-corrected chi connectivity index (χ4v) is 2.29. The van der Waals surface area contributed by atoms with Crippen LogP contribution in [-0.2, 0) is 4.74 Å². The van der Waals surface area contributed by atoms with Gasteiger partial charge in [-0.1, -0.05) is 13.8 Å². The summed E-state index contributed by atoms with van der Waals surface area (Å²) in [4.78, 5) is 0. The molecule has 1 N–H and O–H groups in total. The molecule has 20 heavy (non-hydrogen) atoms. The summed E-state index contributed by atoms with van der Waals surface area (Å²) < 4.78 is 4.89. The number of methoxy groups -OCH3 is 1. The first-order chi connectivity index (χ1) is 9.38. The van der Waals surface area contributed by atoms with Gasteiger partial charge in [0.1, 0.15) is 23.8 Å². The fourth-order valence-electron chi connectivity index (χ4n) is 2.17. The zero-order valence-corrected chi connectivity index (χ0v) is 12.4. The van der Waals surface area contributed by atoms with E-state index >= 15 is 0 Å². The van der Waals surface area contributed by atoms with E-state index < -0.39 is 0 Å². The number of nitrogens with one attached hydrogen (secondary N) is 1. The molecule has 0 aromatic heterocycles. The molecule has 0 aromatic rings. The molecule has 0 atom stereocenters. The highest BCUT2D eigenvalue weighted by Crippen LogP contribution is 2.41. The second-order valence-corrected chi connectivity index (χ2v) is 5.55. The summed E-state index contributed by atoms with van der Waals surface area (Å²) in [6.45, 7) is 4.01. The lowest BCUT2D eigenvalue weighted by molar-refractivity contribution is 0.337. The molecule has 0 unspecified atom stereocenters. The maximum absolute atomic E-state index is 9.34. The zero-order valence-electron chi connectivity index (χ0n) is 11.6. The van der Waals surface area contributed by atoms with Crippen LogP contribution in [0.3, 0.4) is 0 Å². The molecule has 0 saturated carbocycles. The molecule has 0 bridgehead atoms. The average molecular weight is 286 g/mol. The van der Waals surface area contributed by atoms with Crippen molar-refractivity contribution in [1.29, 1.82) is 15.8 Å². The maximum Gasteiger partial charge on any atom is 0.260 e. The van der Waals surface area contributed by atoms with Crippen molar-refractivity contribution in [3.05, 3.63) is 22.4 Å². The standard InChI is InChI=1S/C14H14N4OS/c1-14(2)4-10(9(6-15)7-16)11(8-17)12(5-14)18-13(20)19-3/h4-5H2,1-3H3,(H,18,20). The van der Waals surface area contributed by atoms with Gasteiger partial charge in [-0.25, -0.2) is 0 Å². The molecular weight excluding hydrogens is 272 g/mol. The van der Waals surface area contributed by atoms with Crippen LogP contribution >= 0.6 is 12.2 Å². The Morgan fingerprint density at radius 1 is 1.25 bits per heavy atom. The molecule has 5 nitrogen and oxygen atoms in total. The molecule has 1 aliphatic carbocycles. The van der Waals surface area contributed by atoms with Crippen LogP contribution in [0, 0.1) is 39.4 Å². The van der Waals surface area contributed by atoms with Gasteiger partial charge in [0, 0.05) is 11.3 Å². The monoisotopic (exact) mass is 286 g/mol. The number of thiocarbonyl (C=S) groups is 1. The Kier molecular flexibility index (Phi) is 4.86. The van der Waals surface area contributed by atoms with Crippen LogP contribution in [0.5, 0.6) is 0 Å². The quantitative estimate of drug-likeness (QED) is 0.588. The third-order valence-corrected chi connectivity index (χ3v) is 3.26. The predicted molar refractivity (Wildman–Crippen MR) is 76.6 cm³/mol. The van der Waals surface area contributed by atoms with Crippen LogP contribution in [-0.4, -0.2) is 12.3 Å². The minimum atomic E-state index is -0.180. The highest BCUT2D eigenvalue weighted by atomic mass is 32.1. The number of ether oxygens (including phenoxy) is 1. The summed E-state index contributed by atoms with van der Waals surface area (Å²) in [6.07, 6.45) is 1.09. The Hall–Kier alpha value is -2.36. The summed E-state index contributed by atoms with van der Waals surface area (Å²) >= 11 is 4.95. The molecule has 0 amide bonds. The average Bonchev–Trinajstić information content (AvgIpc) is 2.38. The second-order valence-electron chi connectivity index (χ2n) is 5.18. The third kappa shape index (κ3) is 3.35. The molecule has 1 rings (SSSR count).